The molecule has 1 aromatic heterocycles. The summed E-state index contributed by atoms with van der Waals surface area (Å²) in [7, 11) is 0. The molecule has 1 aromatic carbocycles. The van der Waals surface area contributed by atoms with Crippen molar-refractivity contribution in [3.05, 3.63) is 42.2 Å². The Bertz CT molecular complexity index is 772. The van der Waals surface area contributed by atoms with Crippen LogP contribution in [-0.2, 0) is 20.7 Å². The Morgan fingerprint density at radius 1 is 1.38 bits per heavy atom. The third kappa shape index (κ3) is 5.13. The second-order valence-electron chi connectivity index (χ2n) is 5.87. The van der Waals surface area contributed by atoms with Crippen LogP contribution in [0.5, 0.6) is 0 Å². The number of rotatable bonds is 8. The second-order valence-corrected chi connectivity index (χ2v) is 5.87. The minimum atomic E-state index is -1.80. The minimum absolute atomic E-state index is 0.0378. The number of nitrogens with one attached hydrogen (secondary N) is 1. The van der Waals surface area contributed by atoms with Gasteiger partial charge in [0.05, 0.1) is 24.9 Å². The third-order valence-electron chi connectivity index (χ3n) is 3.60. The highest BCUT2D eigenvalue weighted by Crippen LogP contribution is 2.23. The number of hydrogen-bond donors (Lipinski definition) is 2. The fraction of sp³-hybridized carbons (Fsp3) is 0.389. The van der Waals surface area contributed by atoms with Crippen molar-refractivity contribution >= 4 is 11.9 Å². The van der Waals surface area contributed by atoms with Gasteiger partial charge in [-0.25, -0.2) is 14.2 Å². The number of nitrogens with zero attached hydrogens (tertiary/aromatic N) is 1. The van der Waals surface area contributed by atoms with E-state index in [1.54, 1.807) is 25.1 Å². The lowest BCUT2D eigenvalue weighted by Crippen LogP contribution is -2.47. The van der Waals surface area contributed by atoms with Gasteiger partial charge >= 0.3 is 5.97 Å². The molecule has 0 aliphatic rings. The van der Waals surface area contributed by atoms with Crippen molar-refractivity contribution in [2.24, 2.45) is 0 Å². The van der Waals surface area contributed by atoms with E-state index in [0.717, 1.165) is 0 Å². The van der Waals surface area contributed by atoms with Crippen molar-refractivity contribution in [2.45, 2.75) is 32.3 Å². The third-order valence-corrected chi connectivity index (χ3v) is 3.60. The number of aryl methyl sites for hydroxylation is 1. The molecule has 0 saturated heterocycles. The molecule has 0 radical (unpaired) electrons. The van der Waals surface area contributed by atoms with E-state index in [0.29, 0.717) is 5.56 Å². The van der Waals surface area contributed by atoms with E-state index in [2.05, 4.69) is 10.3 Å². The van der Waals surface area contributed by atoms with Crippen LogP contribution in [0.25, 0.3) is 11.3 Å². The van der Waals surface area contributed by atoms with Gasteiger partial charge in [-0.1, -0.05) is 12.1 Å². The average Bonchev–Trinajstić information content (AvgIpc) is 3.07. The first-order valence-corrected chi connectivity index (χ1v) is 8.19. The molecule has 2 aromatic rings. The predicted octanol–water partition coefficient (Wildman–Crippen LogP) is 1.84. The molecular formula is C18H21FN2O5. The molecule has 0 aliphatic heterocycles. The Morgan fingerprint density at radius 2 is 2.12 bits per heavy atom. The van der Waals surface area contributed by atoms with Gasteiger partial charge in [-0.3, -0.25) is 4.79 Å². The maximum Gasteiger partial charge on any atom is 0.339 e. The Balaban J connectivity index is 1.85. The van der Waals surface area contributed by atoms with Gasteiger partial charge in [-0.05, 0) is 26.0 Å². The van der Waals surface area contributed by atoms with Crippen LogP contribution < -0.4 is 5.32 Å². The number of aromatic nitrogens is 1. The molecule has 0 unspecified atom stereocenters. The molecule has 0 aliphatic carbocycles. The number of esters is 1. The van der Waals surface area contributed by atoms with E-state index in [-0.39, 0.29) is 43.6 Å². The van der Waals surface area contributed by atoms with Crippen molar-refractivity contribution in [2.75, 3.05) is 13.2 Å². The SMILES string of the molecule is CCOC(=O)[C@@](C)(O)CNC(=O)CCc1ncc(-c2ccccc2F)o1. The Morgan fingerprint density at radius 3 is 2.81 bits per heavy atom. The Kier molecular flexibility index (Phi) is 6.46. The van der Waals surface area contributed by atoms with Crippen LogP contribution in [0.2, 0.25) is 0 Å². The monoisotopic (exact) mass is 364 g/mol. The number of halogens is 1. The smallest absolute Gasteiger partial charge is 0.339 e. The zero-order valence-electron chi connectivity index (χ0n) is 14.6. The summed E-state index contributed by atoms with van der Waals surface area (Å²) >= 11 is 0. The van der Waals surface area contributed by atoms with Gasteiger partial charge in [0.25, 0.3) is 0 Å². The molecule has 2 N–H and O–H groups in total. The summed E-state index contributed by atoms with van der Waals surface area (Å²) in [5.41, 5.74) is -1.51. The van der Waals surface area contributed by atoms with Gasteiger partial charge in [-0.2, -0.15) is 0 Å². The standard InChI is InChI=1S/C18H21FN2O5/c1-3-25-17(23)18(2,24)11-21-15(22)8-9-16-20-10-14(26-16)12-6-4-5-7-13(12)19/h4-7,10,24H,3,8-9,11H2,1-2H3,(H,21,22)/t18-/m0/s1. The van der Waals surface area contributed by atoms with Gasteiger partial charge in [0, 0.05) is 12.8 Å². The molecule has 140 valence electrons. The summed E-state index contributed by atoms with van der Waals surface area (Å²) in [6.45, 7) is 2.76. The molecule has 1 heterocycles. The van der Waals surface area contributed by atoms with Gasteiger partial charge in [0.1, 0.15) is 5.82 Å². The van der Waals surface area contributed by atoms with Gasteiger partial charge < -0.3 is 19.6 Å². The predicted molar refractivity (Wildman–Crippen MR) is 90.5 cm³/mol. The van der Waals surface area contributed by atoms with E-state index in [4.69, 9.17) is 9.15 Å². The van der Waals surface area contributed by atoms with E-state index < -0.39 is 17.4 Å². The number of amides is 1. The van der Waals surface area contributed by atoms with Crippen LogP contribution in [-0.4, -0.2) is 40.7 Å². The van der Waals surface area contributed by atoms with E-state index in [9.17, 15) is 19.1 Å². The lowest BCUT2D eigenvalue weighted by molar-refractivity contribution is -0.162. The first-order chi connectivity index (χ1) is 12.3. The van der Waals surface area contributed by atoms with E-state index >= 15 is 0 Å². The maximum absolute atomic E-state index is 13.7. The van der Waals surface area contributed by atoms with Crippen LogP contribution >= 0.6 is 0 Å². The van der Waals surface area contributed by atoms with E-state index in [1.165, 1.54) is 19.2 Å². The minimum Gasteiger partial charge on any atom is -0.464 e. The fourth-order valence-electron chi connectivity index (χ4n) is 2.15. The maximum atomic E-state index is 13.7. The molecule has 2 rings (SSSR count). The molecule has 0 saturated carbocycles. The second kappa shape index (κ2) is 8.57. The van der Waals surface area contributed by atoms with Gasteiger partial charge in [0.2, 0.25) is 5.91 Å². The molecule has 1 atom stereocenters. The summed E-state index contributed by atoms with van der Waals surface area (Å²) in [6, 6.07) is 6.15. The Labute approximate surface area is 150 Å². The van der Waals surface area contributed by atoms with Crippen LogP contribution in [0.3, 0.4) is 0 Å². The molecule has 26 heavy (non-hydrogen) atoms. The quantitative estimate of drug-likeness (QED) is 0.693. The van der Waals surface area contributed by atoms with Crippen molar-refractivity contribution < 1.29 is 28.2 Å². The summed E-state index contributed by atoms with van der Waals surface area (Å²) in [5, 5.41) is 12.4. The number of ether oxygens (including phenoxy) is 1. The van der Waals surface area contributed by atoms with Crippen molar-refractivity contribution in [1.29, 1.82) is 0 Å². The largest absolute Gasteiger partial charge is 0.464 e. The molecule has 8 heteroatoms. The first kappa shape index (κ1) is 19.6. The average molecular weight is 364 g/mol. The number of benzene rings is 1. The molecule has 0 fully saturated rings. The summed E-state index contributed by atoms with van der Waals surface area (Å²) in [6.07, 6.45) is 1.63. The van der Waals surface area contributed by atoms with Crippen molar-refractivity contribution in [3.8, 4) is 11.3 Å². The van der Waals surface area contributed by atoms with E-state index in [1.807, 2.05) is 0 Å². The summed E-state index contributed by atoms with van der Waals surface area (Å²) in [5.74, 6) is -1.05. The summed E-state index contributed by atoms with van der Waals surface area (Å²) < 4.78 is 23.9. The Hall–Kier alpha value is -2.74. The number of carbonyl (C=O) groups is 2. The van der Waals surface area contributed by atoms with Crippen molar-refractivity contribution in [1.82, 2.24) is 10.3 Å². The number of hydrogen-bond acceptors (Lipinski definition) is 6. The normalized spacial score (nSPS) is 13.1. The topological polar surface area (TPSA) is 102 Å². The first-order valence-electron chi connectivity index (χ1n) is 8.19. The zero-order valence-corrected chi connectivity index (χ0v) is 14.6. The van der Waals surface area contributed by atoms with Crippen molar-refractivity contribution in [3.63, 3.8) is 0 Å². The van der Waals surface area contributed by atoms with Crippen LogP contribution in [0, 0.1) is 5.82 Å². The van der Waals surface area contributed by atoms with Crippen LogP contribution in [0.15, 0.2) is 34.9 Å². The number of aliphatic hydroxyl groups is 1. The van der Waals surface area contributed by atoms with Crippen LogP contribution in [0.4, 0.5) is 4.39 Å². The number of carbonyl (C=O) groups excluding carboxylic acids is 2. The molecule has 0 spiro atoms. The van der Waals surface area contributed by atoms with Crippen LogP contribution in [0.1, 0.15) is 26.2 Å². The number of oxazole rings is 1. The lowest BCUT2D eigenvalue weighted by Gasteiger charge is -2.21. The fourth-order valence-corrected chi connectivity index (χ4v) is 2.15. The highest BCUT2D eigenvalue weighted by atomic mass is 19.1. The highest BCUT2D eigenvalue weighted by Gasteiger charge is 2.32. The van der Waals surface area contributed by atoms with Gasteiger partial charge in [0.15, 0.2) is 17.3 Å². The highest BCUT2D eigenvalue weighted by molar-refractivity contribution is 5.81. The molecule has 0 bridgehead atoms. The lowest BCUT2D eigenvalue weighted by atomic mass is 10.1. The zero-order chi connectivity index (χ0) is 19.2. The summed E-state index contributed by atoms with van der Waals surface area (Å²) in [4.78, 5) is 27.4. The van der Waals surface area contributed by atoms with Gasteiger partial charge in [-0.15, -0.1) is 0 Å². The molecular weight excluding hydrogens is 343 g/mol. The molecule has 7 nitrogen and oxygen atoms in total. The molecule has 1 amide bonds.